The Bertz CT molecular complexity index is 570. The summed E-state index contributed by atoms with van der Waals surface area (Å²) in [4.78, 5) is 0. The van der Waals surface area contributed by atoms with Crippen molar-refractivity contribution in [2.45, 2.75) is 13.5 Å². The van der Waals surface area contributed by atoms with Crippen LogP contribution in [0.25, 0.3) is 0 Å². The summed E-state index contributed by atoms with van der Waals surface area (Å²) in [5.74, 6) is -0.0360. The monoisotopic (exact) mass is 266 g/mol. The van der Waals surface area contributed by atoms with Gasteiger partial charge in [-0.3, -0.25) is 0 Å². The van der Waals surface area contributed by atoms with Gasteiger partial charge < -0.3 is 9.84 Å². The summed E-state index contributed by atoms with van der Waals surface area (Å²) in [7, 11) is 0. The van der Waals surface area contributed by atoms with Crippen LogP contribution < -0.4 is 4.74 Å². The summed E-state index contributed by atoms with van der Waals surface area (Å²) in [6, 6.07) is 9.59. The minimum atomic E-state index is -0.529. The number of aliphatic hydroxyl groups is 1. The fourth-order valence-electron chi connectivity index (χ4n) is 1.53. The van der Waals surface area contributed by atoms with Crippen LogP contribution in [0.15, 0.2) is 36.4 Å². The molecule has 1 N–H and O–H groups in total. The second kappa shape index (κ2) is 5.38. The van der Waals surface area contributed by atoms with Gasteiger partial charge in [0, 0.05) is 0 Å². The molecule has 2 aromatic rings. The van der Waals surface area contributed by atoms with Crippen LogP contribution in [0.1, 0.15) is 11.1 Å². The van der Waals surface area contributed by atoms with Gasteiger partial charge in [0.25, 0.3) is 0 Å². The molecule has 0 heterocycles. The van der Waals surface area contributed by atoms with Crippen molar-refractivity contribution in [1.29, 1.82) is 0 Å². The van der Waals surface area contributed by atoms with E-state index < -0.39 is 5.82 Å². The first-order chi connectivity index (χ1) is 8.60. The molecule has 0 bridgehead atoms. The highest BCUT2D eigenvalue weighted by molar-refractivity contribution is 6.32. The molecule has 18 heavy (non-hydrogen) atoms. The fraction of sp³-hybridized carbons (Fsp3) is 0.143. The average Bonchev–Trinajstić information content (AvgIpc) is 2.36. The van der Waals surface area contributed by atoms with Crippen molar-refractivity contribution in [1.82, 2.24) is 0 Å². The average molecular weight is 267 g/mol. The van der Waals surface area contributed by atoms with Crippen LogP contribution in [0.4, 0.5) is 4.39 Å². The van der Waals surface area contributed by atoms with Crippen molar-refractivity contribution in [3.8, 4) is 11.5 Å². The Morgan fingerprint density at radius 3 is 2.61 bits per heavy atom. The Morgan fingerprint density at radius 1 is 1.17 bits per heavy atom. The van der Waals surface area contributed by atoms with E-state index in [1.165, 1.54) is 12.1 Å². The number of halogens is 2. The fourth-order valence-corrected chi connectivity index (χ4v) is 1.69. The van der Waals surface area contributed by atoms with Crippen molar-refractivity contribution in [3.63, 3.8) is 0 Å². The van der Waals surface area contributed by atoms with Crippen LogP contribution >= 0.6 is 11.6 Å². The highest BCUT2D eigenvalue weighted by Crippen LogP contribution is 2.31. The number of hydrogen-bond donors (Lipinski definition) is 1. The summed E-state index contributed by atoms with van der Waals surface area (Å²) in [5.41, 5.74) is 1.47. The topological polar surface area (TPSA) is 29.5 Å². The first-order valence-corrected chi connectivity index (χ1v) is 5.81. The Labute approximate surface area is 110 Å². The van der Waals surface area contributed by atoms with Gasteiger partial charge >= 0.3 is 0 Å². The molecule has 0 aliphatic heterocycles. The number of benzene rings is 2. The van der Waals surface area contributed by atoms with Crippen molar-refractivity contribution >= 4 is 11.6 Å². The standard InChI is InChI=1S/C14H12ClFO2/c1-9-2-4-11(15)14(6-9)18-13-5-3-10(8-17)7-12(13)16/h2-7,17H,8H2,1H3. The van der Waals surface area contributed by atoms with Gasteiger partial charge in [-0.2, -0.15) is 0 Å². The lowest BCUT2D eigenvalue weighted by atomic mass is 10.2. The summed E-state index contributed by atoms with van der Waals surface area (Å²) in [5, 5.41) is 9.32. The van der Waals surface area contributed by atoms with Crippen molar-refractivity contribution < 1.29 is 14.2 Å². The minimum Gasteiger partial charge on any atom is -0.453 e. The Morgan fingerprint density at radius 2 is 1.94 bits per heavy atom. The molecule has 0 aliphatic rings. The summed E-state index contributed by atoms with van der Waals surface area (Å²) >= 11 is 5.97. The van der Waals surface area contributed by atoms with E-state index in [1.807, 2.05) is 13.0 Å². The van der Waals surface area contributed by atoms with E-state index in [-0.39, 0.29) is 12.4 Å². The molecule has 0 unspecified atom stereocenters. The van der Waals surface area contributed by atoms with Crippen LogP contribution in [0.5, 0.6) is 11.5 Å². The molecule has 2 aromatic carbocycles. The molecule has 0 saturated heterocycles. The van der Waals surface area contributed by atoms with Crippen LogP contribution in [-0.4, -0.2) is 5.11 Å². The molecule has 0 aromatic heterocycles. The molecule has 94 valence electrons. The predicted molar refractivity (Wildman–Crippen MR) is 68.6 cm³/mol. The molecular formula is C14H12ClFO2. The normalized spacial score (nSPS) is 10.4. The molecule has 0 amide bonds. The van der Waals surface area contributed by atoms with E-state index in [4.69, 9.17) is 21.4 Å². The SMILES string of the molecule is Cc1ccc(Cl)c(Oc2ccc(CO)cc2F)c1. The number of rotatable bonds is 3. The number of aryl methyl sites for hydroxylation is 1. The maximum Gasteiger partial charge on any atom is 0.166 e. The molecule has 0 fully saturated rings. The van der Waals surface area contributed by atoms with E-state index >= 15 is 0 Å². The lowest BCUT2D eigenvalue weighted by Gasteiger charge is -2.09. The number of hydrogen-bond acceptors (Lipinski definition) is 2. The molecule has 0 radical (unpaired) electrons. The largest absolute Gasteiger partial charge is 0.453 e. The van der Waals surface area contributed by atoms with E-state index in [0.29, 0.717) is 16.3 Å². The zero-order valence-corrected chi connectivity index (χ0v) is 10.5. The first-order valence-electron chi connectivity index (χ1n) is 5.43. The third kappa shape index (κ3) is 2.81. The quantitative estimate of drug-likeness (QED) is 0.907. The van der Waals surface area contributed by atoms with Crippen molar-refractivity contribution in [2.75, 3.05) is 0 Å². The van der Waals surface area contributed by atoms with Gasteiger partial charge in [0.15, 0.2) is 11.6 Å². The molecule has 2 nitrogen and oxygen atoms in total. The molecule has 0 atom stereocenters. The maximum absolute atomic E-state index is 13.7. The smallest absolute Gasteiger partial charge is 0.166 e. The Balaban J connectivity index is 2.31. The Hall–Kier alpha value is -1.58. The van der Waals surface area contributed by atoms with Crippen LogP contribution in [0, 0.1) is 12.7 Å². The van der Waals surface area contributed by atoms with Gasteiger partial charge in [-0.1, -0.05) is 23.7 Å². The third-order valence-corrected chi connectivity index (χ3v) is 2.80. The van der Waals surface area contributed by atoms with Gasteiger partial charge in [-0.05, 0) is 42.3 Å². The summed E-state index contributed by atoms with van der Waals surface area (Å²) in [6.07, 6.45) is 0. The van der Waals surface area contributed by atoms with E-state index in [9.17, 15) is 4.39 Å². The van der Waals surface area contributed by atoms with E-state index in [2.05, 4.69) is 0 Å². The third-order valence-electron chi connectivity index (χ3n) is 2.49. The van der Waals surface area contributed by atoms with Gasteiger partial charge in [0.2, 0.25) is 0 Å². The van der Waals surface area contributed by atoms with Gasteiger partial charge in [0.1, 0.15) is 5.75 Å². The molecule has 0 aliphatic carbocycles. The predicted octanol–water partition coefficient (Wildman–Crippen LogP) is 4.07. The van der Waals surface area contributed by atoms with E-state index in [1.54, 1.807) is 18.2 Å². The maximum atomic E-state index is 13.7. The molecule has 0 saturated carbocycles. The van der Waals surface area contributed by atoms with Gasteiger partial charge in [-0.25, -0.2) is 4.39 Å². The van der Waals surface area contributed by atoms with Crippen LogP contribution in [0.2, 0.25) is 5.02 Å². The first kappa shape index (κ1) is 12.9. The zero-order chi connectivity index (χ0) is 13.1. The molecule has 2 rings (SSSR count). The highest BCUT2D eigenvalue weighted by Gasteiger charge is 2.08. The van der Waals surface area contributed by atoms with E-state index in [0.717, 1.165) is 5.56 Å². The molecular weight excluding hydrogens is 255 g/mol. The lowest BCUT2D eigenvalue weighted by molar-refractivity contribution is 0.281. The second-order valence-corrected chi connectivity index (χ2v) is 4.37. The Kier molecular flexibility index (Phi) is 3.84. The van der Waals surface area contributed by atoms with Crippen molar-refractivity contribution in [2.24, 2.45) is 0 Å². The molecule has 4 heteroatoms. The number of aliphatic hydroxyl groups excluding tert-OH is 1. The van der Waals surface area contributed by atoms with Gasteiger partial charge in [-0.15, -0.1) is 0 Å². The summed E-state index contributed by atoms with van der Waals surface area (Å²) < 4.78 is 19.1. The highest BCUT2D eigenvalue weighted by atomic mass is 35.5. The summed E-state index contributed by atoms with van der Waals surface area (Å²) in [6.45, 7) is 1.69. The van der Waals surface area contributed by atoms with Gasteiger partial charge in [0.05, 0.1) is 11.6 Å². The van der Waals surface area contributed by atoms with Crippen LogP contribution in [0.3, 0.4) is 0 Å². The number of ether oxygens (including phenoxy) is 1. The second-order valence-electron chi connectivity index (χ2n) is 3.96. The minimum absolute atomic E-state index is 0.0831. The molecule has 0 spiro atoms. The lowest BCUT2D eigenvalue weighted by Crippen LogP contribution is -1.92. The zero-order valence-electron chi connectivity index (χ0n) is 9.78. The van der Waals surface area contributed by atoms with Crippen molar-refractivity contribution in [3.05, 3.63) is 58.4 Å². The van der Waals surface area contributed by atoms with Crippen LogP contribution in [-0.2, 0) is 6.61 Å².